The Hall–Kier alpha value is -1.01. The lowest BCUT2D eigenvalue weighted by Gasteiger charge is -2.46. The SMILES string of the molecule is OCC[C@@H]1CN(Cc2nc3ccccc3s2)CCN1C1CCCCC1. The number of para-hydroxylation sites is 1. The van der Waals surface area contributed by atoms with Crippen LogP contribution in [0.15, 0.2) is 24.3 Å². The van der Waals surface area contributed by atoms with Gasteiger partial charge in [0, 0.05) is 38.3 Å². The number of aromatic nitrogens is 1. The van der Waals surface area contributed by atoms with Gasteiger partial charge < -0.3 is 5.11 Å². The first-order valence-corrected chi connectivity index (χ1v) is 10.6. The Balaban J connectivity index is 1.42. The maximum atomic E-state index is 9.55. The van der Waals surface area contributed by atoms with Crippen LogP contribution in [0.5, 0.6) is 0 Å². The Kier molecular flexibility index (Phi) is 5.66. The lowest BCUT2D eigenvalue weighted by atomic mass is 9.92. The minimum Gasteiger partial charge on any atom is -0.396 e. The van der Waals surface area contributed by atoms with Crippen molar-refractivity contribution >= 4 is 21.6 Å². The molecule has 1 aromatic heterocycles. The van der Waals surface area contributed by atoms with Crippen LogP contribution in [0.3, 0.4) is 0 Å². The largest absolute Gasteiger partial charge is 0.396 e. The maximum absolute atomic E-state index is 9.55. The van der Waals surface area contributed by atoms with Gasteiger partial charge in [-0.05, 0) is 31.4 Å². The summed E-state index contributed by atoms with van der Waals surface area (Å²) in [5.74, 6) is 0. The number of fused-ring (bicyclic) bond motifs is 1. The number of rotatable bonds is 5. The van der Waals surface area contributed by atoms with Crippen molar-refractivity contribution in [2.24, 2.45) is 0 Å². The van der Waals surface area contributed by atoms with E-state index in [1.807, 2.05) is 11.3 Å². The molecule has 0 bridgehead atoms. The Labute approximate surface area is 154 Å². The Morgan fingerprint density at radius 3 is 2.76 bits per heavy atom. The van der Waals surface area contributed by atoms with Gasteiger partial charge in [-0.2, -0.15) is 0 Å². The highest BCUT2D eigenvalue weighted by Gasteiger charge is 2.32. The molecule has 1 aliphatic heterocycles. The first kappa shape index (κ1) is 17.4. The molecule has 1 saturated heterocycles. The normalized spacial score (nSPS) is 24.1. The first-order chi connectivity index (χ1) is 12.3. The topological polar surface area (TPSA) is 39.6 Å². The van der Waals surface area contributed by atoms with E-state index in [0.717, 1.165) is 44.2 Å². The average Bonchev–Trinajstić information content (AvgIpc) is 3.05. The van der Waals surface area contributed by atoms with E-state index in [2.05, 4.69) is 34.1 Å². The summed E-state index contributed by atoms with van der Waals surface area (Å²) in [6, 6.07) is 9.65. The fourth-order valence-electron chi connectivity index (χ4n) is 4.56. The number of piperazine rings is 1. The zero-order valence-electron chi connectivity index (χ0n) is 14.9. The van der Waals surface area contributed by atoms with Crippen LogP contribution >= 0.6 is 11.3 Å². The van der Waals surface area contributed by atoms with Crippen molar-refractivity contribution in [3.05, 3.63) is 29.3 Å². The zero-order valence-corrected chi connectivity index (χ0v) is 15.8. The molecule has 0 unspecified atom stereocenters. The number of aliphatic hydroxyl groups is 1. The summed E-state index contributed by atoms with van der Waals surface area (Å²) in [5, 5.41) is 10.8. The molecule has 0 spiro atoms. The molecule has 4 rings (SSSR count). The molecule has 2 heterocycles. The van der Waals surface area contributed by atoms with E-state index in [4.69, 9.17) is 4.98 Å². The fraction of sp³-hybridized carbons (Fsp3) is 0.650. The molecule has 5 heteroatoms. The molecule has 1 saturated carbocycles. The summed E-state index contributed by atoms with van der Waals surface area (Å²) < 4.78 is 1.28. The second kappa shape index (κ2) is 8.12. The number of hydrogen-bond donors (Lipinski definition) is 1. The van der Waals surface area contributed by atoms with Gasteiger partial charge in [0.1, 0.15) is 5.01 Å². The third kappa shape index (κ3) is 4.05. The van der Waals surface area contributed by atoms with Crippen LogP contribution in [0.25, 0.3) is 10.2 Å². The van der Waals surface area contributed by atoms with Crippen molar-refractivity contribution in [3.8, 4) is 0 Å². The molecule has 1 atom stereocenters. The molecule has 1 N–H and O–H groups in total. The lowest BCUT2D eigenvalue weighted by molar-refractivity contribution is 0.0137. The molecule has 136 valence electrons. The minimum absolute atomic E-state index is 0.295. The number of thiazole rings is 1. The van der Waals surface area contributed by atoms with Gasteiger partial charge in [0.15, 0.2) is 0 Å². The number of aliphatic hydroxyl groups excluding tert-OH is 1. The Morgan fingerprint density at radius 2 is 1.96 bits per heavy atom. The van der Waals surface area contributed by atoms with Crippen LogP contribution in [-0.4, -0.2) is 58.2 Å². The van der Waals surface area contributed by atoms with Crippen molar-refractivity contribution in [2.45, 2.75) is 57.2 Å². The molecule has 1 aromatic carbocycles. The molecule has 25 heavy (non-hydrogen) atoms. The van der Waals surface area contributed by atoms with Crippen LogP contribution in [0.4, 0.5) is 0 Å². The third-order valence-electron chi connectivity index (χ3n) is 5.82. The average molecular weight is 360 g/mol. The van der Waals surface area contributed by atoms with Crippen LogP contribution < -0.4 is 0 Å². The molecular weight excluding hydrogens is 330 g/mol. The van der Waals surface area contributed by atoms with Crippen molar-refractivity contribution in [2.75, 3.05) is 26.2 Å². The van der Waals surface area contributed by atoms with Crippen molar-refractivity contribution in [3.63, 3.8) is 0 Å². The predicted octanol–water partition coefficient (Wildman–Crippen LogP) is 3.50. The molecule has 2 aliphatic rings. The highest BCUT2D eigenvalue weighted by molar-refractivity contribution is 7.18. The predicted molar refractivity (Wildman–Crippen MR) is 104 cm³/mol. The van der Waals surface area contributed by atoms with Gasteiger partial charge in [0.25, 0.3) is 0 Å². The van der Waals surface area contributed by atoms with E-state index < -0.39 is 0 Å². The minimum atomic E-state index is 0.295. The second-order valence-corrected chi connectivity index (χ2v) is 8.62. The van der Waals surface area contributed by atoms with E-state index in [1.165, 1.54) is 41.8 Å². The molecular formula is C20H29N3OS. The highest BCUT2D eigenvalue weighted by Crippen LogP contribution is 2.28. The molecule has 0 amide bonds. The quantitative estimate of drug-likeness (QED) is 0.887. The number of hydrogen-bond acceptors (Lipinski definition) is 5. The third-order valence-corrected chi connectivity index (χ3v) is 6.84. The van der Waals surface area contributed by atoms with Gasteiger partial charge in [-0.3, -0.25) is 9.80 Å². The Bertz CT molecular complexity index is 649. The fourth-order valence-corrected chi connectivity index (χ4v) is 5.57. The Morgan fingerprint density at radius 1 is 1.12 bits per heavy atom. The van der Waals surface area contributed by atoms with Gasteiger partial charge in [-0.25, -0.2) is 4.98 Å². The summed E-state index contributed by atoms with van der Waals surface area (Å²) in [7, 11) is 0. The molecule has 2 aromatic rings. The van der Waals surface area contributed by atoms with E-state index in [-0.39, 0.29) is 0 Å². The summed E-state index contributed by atoms with van der Waals surface area (Å²) in [6.07, 6.45) is 7.75. The van der Waals surface area contributed by atoms with Gasteiger partial charge >= 0.3 is 0 Å². The molecule has 2 fully saturated rings. The van der Waals surface area contributed by atoms with Crippen molar-refractivity contribution in [1.82, 2.24) is 14.8 Å². The van der Waals surface area contributed by atoms with E-state index >= 15 is 0 Å². The molecule has 0 radical (unpaired) electrons. The highest BCUT2D eigenvalue weighted by atomic mass is 32.1. The summed E-state index contributed by atoms with van der Waals surface area (Å²) in [4.78, 5) is 10.1. The monoisotopic (exact) mass is 359 g/mol. The molecule has 4 nitrogen and oxygen atoms in total. The summed E-state index contributed by atoms with van der Waals surface area (Å²) in [6.45, 7) is 4.56. The van der Waals surface area contributed by atoms with Crippen LogP contribution in [0.2, 0.25) is 0 Å². The van der Waals surface area contributed by atoms with Crippen LogP contribution in [-0.2, 0) is 6.54 Å². The van der Waals surface area contributed by atoms with Gasteiger partial charge in [0.05, 0.1) is 16.8 Å². The standard InChI is InChI=1S/C20H29N3OS/c24-13-10-17-14-22(11-12-23(17)16-6-2-1-3-7-16)15-20-21-18-8-4-5-9-19(18)25-20/h4-5,8-9,16-17,24H,1-3,6-7,10-15H2/t17-/m1/s1. The smallest absolute Gasteiger partial charge is 0.108 e. The molecule has 1 aliphatic carbocycles. The van der Waals surface area contributed by atoms with Crippen LogP contribution in [0.1, 0.15) is 43.5 Å². The summed E-state index contributed by atoms with van der Waals surface area (Å²) >= 11 is 1.82. The van der Waals surface area contributed by atoms with Crippen LogP contribution in [0, 0.1) is 0 Å². The second-order valence-electron chi connectivity index (χ2n) is 7.51. The van der Waals surface area contributed by atoms with Gasteiger partial charge in [-0.1, -0.05) is 31.4 Å². The van der Waals surface area contributed by atoms with E-state index in [1.54, 1.807) is 0 Å². The van der Waals surface area contributed by atoms with Crippen molar-refractivity contribution in [1.29, 1.82) is 0 Å². The summed E-state index contributed by atoms with van der Waals surface area (Å²) in [5.41, 5.74) is 1.12. The lowest BCUT2D eigenvalue weighted by Crippen LogP contribution is -2.56. The number of benzene rings is 1. The zero-order chi connectivity index (χ0) is 17.1. The van der Waals surface area contributed by atoms with Crippen molar-refractivity contribution < 1.29 is 5.11 Å². The van der Waals surface area contributed by atoms with Gasteiger partial charge in [-0.15, -0.1) is 11.3 Å². The first-order valence-electron chi connectivity index (χ1n) is 9.77. The van der Waals surface area contributed by atoms with Gasteiger partial charge in [0.2, 0.25) is 0 Å². The maximum Gasteiger partial charge on any atom is 0.108 e. The van der Waals surface area contributed by atoms with E-state index in [0.29, 0.717) is 12.6 Å². The number of nitrogens with zero attached hydrogens (tertiary/aromatic N) is 3. The van der Waals surface area contributed by atoms with E-state index in [9.17, 15) is 5.11 Å².